The highest BCUT2D eigenvalue weighted by molar-refractivity contribution is 5.97. The van der Waals surface area contributed by atoms with Gasteiger partial charge < -0.3 is 9.64 Å². The normalized spacial score (nSPS) is 13.8. The summed E-state index contributed by atoms with van der Waals surface area (Å²) in [5.41, 5.74) is 3.03. The van der Waals surface area contributed by atoms with E-state index in [1.54, 1.807) is 0 Å². The standard InChI is InChI=1S/C20H23NO2/c1-2-3-14-23-19-11-7-10-18-17(19)12-13-21(20(18)22)15-16-8-5-4-6-9-16/h4-11H,2-3,12-15H2,1H3. The molecule has 0 N–H and O–H groups in total. The Morgan fingerprint density at radius 1 is 1.09 bits per heavy atom. The molecule has 1 heterocycles. The van der Waals surface area contributed by atoms with Crippen LogP contribution in [0.1, 0.15) is 41.3 Å². The van der Waals surface area contributed by atoms with Gasteiger partial charge in [-0.15, -0.1) is 0 Å². The van der Waals surface area contributed by atoms with Gasteiger partial charge in [0.1, 0.15) is 5.75 Å². The van der Waals surface area contributed by atoms with Gasteiger partial charge in [0, 0.05) is 24.2 Å². The Morgan fingerprint density at radius 2 is 1.91 bits per heavy atom. The van der Waals surface area contributed by atoms with Crippen LogP contribution in [0.15, 0.2) is 48.5 Å². The third kappa shape index (κ3) is 3.55. The second-order valence-corrected chi connectivity index (χ2v) is 5.95. The first kappa shape index (κ1) is 15.6. The van der Waals surface area contributed by atoms with Crippen molar-refractivity contribution in [2.45, 2.75) is 32.7 Å². The zero-order chi connectivity index (χ0) is 16.1. The first-order chi connectivity index (χ1) is 11.3. The van der Waals surface area contributed by atoms with Gasteiger partial charge in [-0.3, -0.25) is 4.79 Å². The predicted molar refractivity (Wildman–Crippen MR) is 91.7 cm³/mol. The third-order valence-corrected chi connectivity index (χ3v) is 4.25. The Balaban J connectivity index is 1.76. The molecule has 0 saturated heterocycles. The number of carbonyl (C=O) groups is 1. The van der Waals surface area contributed by atoms with Crippen LogP contribution in [0.4, 0.5) is 0 Å². The second-order valence-electron chi connectivity index (χ2n) is 5.95. The lowest BCUT2D eigenvalue weighted by atomic mass is 9.97. The molecule has 0 saturated carbocycles. The van der Waals surface area contributed by atoms with Crippen LogP contribution in [0.25, 0.3) is 0 Å². The quantitative estimate of drug-likeness (QED) is 0.753. The van der Waals surface area contributed by atoms with Crippen molar-refractivity contribution in [3.05, 3.63) is 65.2 Å². The Labute approximate surface area is 137 Å². The second kappa shape index (κ2) is 7.32. The van der Waals surface area contributed by atoms with Crippen molar-refractivity contribution in [1.82, 2.24) is 4.90 Å². The smallest absolute Gasteiger partial charge is 0.254 e. The van der Waals surface area contributed by atoms with E-state index in [2.05, 4.69) is 19.1 Å². The largest absolute Gasteiger partial charge is 0.493 e. The monoisotopic (exact) mass is 309 g/mol. The Kier molecular flexibility index (Phi) is 4.96. The molecule has 0 aliphatic carbocycles. The SMILES string of the molecule is CCCCOc1cccc2c1CCN(Cc1ccccc1)C2=O. The molecule has 23 heavy (non-hydrogen) atoms. The predicted octanol–water partition coefficient (Wildman–Crippen LogP) is 4.06. The van der Waals surface area contributed by atoms with Crippen molar-refractivity contribution in [2.24, 2.45) is 0 Å². The van der Waals surface area contributed by atoms with E-state index in [0.717, 1.165) is 49.3 Å². The van der Waals surface area contributed by atoms with Crippen LogP contribution in [0.5, 0.6) is 5.75 Å². The molecule has 120 valence electrons. The molecule has 0 atom stereocenters. The number of unbranched alkanes of at least 4 members (excludes halogenated alkanes) is 1. The molecule has 0 bridgehead atoms. The fourth-order valence-electron chi connectivity index (χ4n) is 2.96. The number of hydrogen-bond acceptors (Lipinski definition) is 2. The van der Waals surface area contributed by atoms with Crippen molar-refractivity contribution < 1.29 is 9.53 Å². The Morgan fingerprint density at radius 3 is 2.70 bits per heavy atom. The molecule has 0 aromatic heterocycles. The van der Waals surface area contributed by atoms with Crippen molar-refractivity contribution >= 4 is 5.91 Å². The zero-order valence-corrected chi connectivity index (χ0v) is 13.6. The molecular formula is C20H23NO2. The minimum Gasteiger partial charge on any atom is -0.493 e. The summed E-state index contributed by atoms with van der Waals surface area (Å²) in [7, 11) is 0. The number of fused-ring (bicyclic) bond motifs is 1. The molecular weight excluding hydrogens is 286 g/mol. The van der Waals surface area contributed by atoms with E-state index in [9.17, 15) is 4.79 Å². The molecule has 2 aromatic carbocycles. The summed E-state index contributed by atoms with van der Waals surface area (Å²) in [6, 6.07) is 16.0. The molecule has 0 fully saturated rings. The van der Waals surface area contributed by atoms with Crippen molar-refractivity contribution in [2.75, 3.05) is 13.2 Å². The molecule has 0 unspecified atom stereocenters. The lowest BCUT2D eigenvalue weighted by Crippen LogP contribution is -2.37. The van der Waals surface area contributed by atoms with Gasteiger partial charge in [0.05, 0.1) is 6.61 Å². The van der Waals surface area contributed by atoms with E-state index in [1.807, 2.05) is 41.3 Å². The molecule has 2 aromatic rings. The van der Waals surface area contributed by atoms with Crippen LogP contribution >= 0.6 is 0 Å². The average Bonchev–Trinajstić information content (AvgIpc) is 2.59. The van der Waals surface area contributed by atoms with Crippen molar-refractivity contribution in [1.29, 1.82) is 0 Å². The van der Waals surface area contributed by atoms with E-state index < -0.39 is 0 Å². The number of amides is 1. The lowest BCUT2D eigenvalue weighted by molar-refractivity contribution is 0.0725. The van der Waals surface area contributed by atoms with Gasteiger partial charge in [0.2, 0.25) is 0 Å². The van der Waals surface area contributed by atoms with Crippen LogP contribution in [0.2, 0.25) is 0 Å². The molecule has 1 aliphatic heterocycles. The van der Waals surface area contributed by atoms with E-state index in [-0.39, 0.29) is 5.91 Å². The topological polar surface area (TPSA) is 29.5 Å². The van der Waals surface area contributed by atoms with Crippen LogP contribution in [-0.2, 0) is 13.0 Å². The number of rotatable bonds is 6. The molecule has 0 spiro atoms. The van der Waals surface area contributed by atoms with Crippen LogP contribution in [0.3, 0.4) is 0 Å². The third-order valence-electron chi connectivity index (χ3n) is 4.25. The highest BCUT2D eigenvalue weighted by atomic mass is 16.5. The number of carbonyl (C=O) groups excluding carboxylic acids is 1. The maximum absolute atomic E-state index is 12.8. The maximum Gasteiger partial charge on any atom is 0.254 e. The van der Waals surface area contributed by atoms with Gasteiger partial charge in [-0.1, -0.05) is 49.7 Å². The van der Waals surface area contributed by atoms with Gasteiger partial charge in [0.15, 0.2) is 0 Å². The molecule has 3 rings (SSSR count). The van der Waals surface area contributed by atoms with Crippen LogP contribution < -0.4 is 4.74 Å². The zero-order valence-electron chi connectivity index (χ0n) is 13.6. The summed E-state index contributed by atoms with van der Waals surface area (Å²) >= 11 is 0. The molecule has 0 radical (unpaired) electrons. The van der Waals surface area contributed by atoms with E-state index >= 15 is 0 Å². The Bertz CT molecular complexity index is 667. The summed E-state index contributed by atoms with van der Waals surface area (Å²) in [4.78, 5) is 14.7. The minimum atomic E-state index is 0.107. The number of nitrogens with zero attached hydrogens (tertiary/aromatic N) is 1. The molecule has 1 aliphatic rings. The fourth-order valence-corrected chi connectivity index (χ4v) is 2.96. The average molecular weight is 309 g/mol. The van der Waals surface area contributed by atoms with Crippen LogP contribution in [-0.4, -0.2) is 24.0 Å². The summed E-state index contributed by atoms with van der Waals surface area (Å²) in [5, 5.41) is 0. The molecule has 3 nitrogen and oxygen atoms in total. The highest BCUT2D eigenvalue weighted by Gasteiger charge is 2.26. The van der Waals surface area contributed by atoms with Crippen molar-refractivity contribution in [3.63, 3.8) is 0 Å². The van der Waals surface area contributed by atoms with E-state index in [1.165, 1.54) is 5.56 Å². The first-order valence-electron chi connectivity index (χ1n) is 8.37. The highest BCUT2D eigenvalue weighted by Crippen LogP contribution is 2.28. The van der Waals surface area contributed by atoms with Crippen molar-refractivity contribution in [3.8, 4) is 5.75 Å². The summed E-state index contributed by atoms with van der Waals surface area (Å²) in [6.45, 7) is 4.28. The van der Waals surface area contributed by atoms with E-state index in [4.69, 9.17) is 4.74 Å². The van der Waals surface area contributed by atoms with Gasteiger partial charge in [-0.05, 0) is 30.5 Å². The number of benzene rings is 2. The minimum absolute atomic E-state index is 0.107. The van der Waals surface area contributed by atoms with Gasteiger partial charge >= 0.3 is 0 Å². The number of ether oxygens (including phenoxy) is 1. The molecule has 1 amide bonds. The Hall–Kier alpha value is -2.29. The van der Waals surface area contributed by atoms with Gasteiger partial charge in [-0.25, -0.2) is 0 Å². The van der Waals surface area contributed by atoms with Gasteiger partial charge in [0.25, 0.3) is 5.91 Å². The fraction of sp³-hybridized carbons (Fsp3) is 0.350. The van der Waals surface area contributed by atoms with Crippen LogP contribution in [0, 0.1) is 0 Å². The summed E-state index contributed by atoms with van der Waals surface area (Å²) < 4.78 is 5.88. The van der Waals surface area contributed by atoms with Gasteiger partial charge in [-0.2, -0.15) is 0 Å². The maximum atomic E-state index is 12.8. The van der Waals surface area contributed by atoms with E-state index in [0.29, 0.717) is 6.54 Å². The number of hydrogen-bond donors (Lipinski definition) is 0. The summed E-state index contributed by atoms with van der Waals surface area (Å²) in [6.07, 6.45) is 3.01. The summed E-state index contributed by atoms with van der Waals surface area (Å²) in [5.74, 6) is 0.986. The first-order valence-corrected chi connectivity index (χ1v) is 8.37. The molecule has 3 heteroatoms. The lowest BCUT2D eigenvalue weighted by Gasteiger charge is -2.29.